The number of carbonyl (C=O) groups excluding carboxylic acids is 1. The minimum absolute atomic E-state index is 0.234. The van der Waals surface area contributed by atoms with Crippen LogP contribution in [0.4, 0.5) is 0 Å². The number of nitrogens with zero attached hydrogens (tertiary/aromatic N) is 1. The van der Waals surface area contributed by atoms with Gasteiger partial charge in [-0.1, -0.05) is 0 Å². The summed E-state index contributed by atoms with van der Waals surface area (Å²) in [5.41, 5.74) is 2.36. The van der Waals surface area contributed by atoms with Crippen LogP contribution in [0.15, 0.2) is 12.1 Å². The number of rotatable bonds is 3. The maximum absolute atomic E-state index is 10.9. The molecule has 4 heteroatoms. The van der Waals surface area contributed by atoms with E-state index in [-0.39, 0.29) is 6.04 Å². The smallest absolute Gasteiger partial charge is 0.210 e. The van der Waals surface area contributed by atoms with Crippen molar-refractivity contribution in [2.24, 2.45) is 0 Å². The van der Waals surface area contributed by atoms with Gasteiger partial charge in [0.1, 0.15) is 0 Å². The molecule has 2 rings (SSSR count). The Bertz CT molecular complexity index is 431. The molecule has 1 aromatic rings. The molecule has 1 atom stereocenters. The van der Waals surface area contributed by atoms with Crippen molar-refractivity contribution in [2.75, 3.05) is 14.2 Å². The van der Waals surface area contributed by atoms with Crippen molar-refractivity contribution in [1.82, 2.24) is 4.90 Å². The molecule has 0 aromatic heterocycles. The normalized spacial score (nSPS) is 18.5. The van der Waals surface area contributed by atoms with Crippen molar-refractivity contribution in [3.8, 4) is 11.5 Å². The van der Waals surface area contributed by atoms with Crippen LogP contribution in [0.5, 0.6) is 11.5 Å². The first kappa shape index (κ1) is 11.8. The fourth-order valence-electron chi connectivity index (χ4n) is 2.23. The highest BCUT2D eigenvalue weighted by atomic mass is 16.5. The van der Waals surface area contributed by atoms with Crippen LogP contribution in [0.1, 0.15) is 18.1 Å². The summed E-state index contributed by atoms with van der Waals surface area (Å²) in [6.45, 7) is 2.69. The van der Waals surface area contributed by atoms with Gasteiger partial charge in [0.25, 0.3) is 0 Å². The number of hydrogen-bond donors (Lipinski definition) is 0. The molecule has 1 aliphatic rings. The van der Waals surface area contributed by atoms with Crippen molar-refractivity contribution in [3.05, 3.63) is 23.3 Å². The van der Waals surface area contributed by atoms with Gasteiger partial charge in [0.15, 0.2) is 11.5 Å². The predicted octanol–water partition coefficient (Wildman–Crippen LogP) is 1.61. The van der Waals surface area contributed by atoms with Crippen molar-refractivity contribution < 1.29 is 14.3 Å². The fraction of sp³-hybridized carbons (Fsp3) is 0.462. The molecule has 92 valence electrons. The van der Waals surface area contributed by atoms with Gasteiger partial charge in [-0.3, -0.25) is 4.79 Å². The molecule has 1 aromatic carbocycles. The molecule has 4 nitrogen and oxygen atoms in total. The number of fused-ring (bicyclic) bond motifs is 1. The van der Waals surface area contributed by atoms with E-state index >= 15 is 0 Å². The molecule has 0 aliphatic carbocycles. The van der Waals surface area contributed by atoms with Crippen LogP contribution in [0.25, 0.3) is 0 Å². The Hall–Kier alpha value is -1.71. The largest absolute Gasteiger partial charge is 0.493 e. The number of amides is 1. The molecule has 17 heavy (non-hydrogen) atoms. The Morgan fingerprint density at radius 1 is 1.24 bits per heavy atom. The SMILES string of the molecule is COc1cc2c(cc1OC)CN(C=O)C(C)C2. The van der Waals surface area contributed by atoms with E-state index in [1.807, 2.05) is 19.1 Å². The lowest BCUT2D eigenvalue weighted by molar-refractivity contribution is -0.120. The fourth-order valence-corrected chi connectivity index (χ4v) is 2.23. The van der Waals surface area contributed by atoms with Crippen LogP contribution in [0, 0.1) is 0 Å². The quantitative estimate of drug-likeness (QED) is 0.747. The van der Waals surface area contributed by atoms with E-state index in [2.05, 4.69) is 0 Å². The highest BCUT2D eigenvalue weighted by Crippen LogP contribution is 2.34. The number of hydrogen-bond acceptors (Lipinski definition) is 3. The van der Waals surface area contributed by atoms with Gasteiger partial charge in [-0.25, -0.2) is 0 Å². The molecule has 0 bridgehead atoms. The number of carbonyl (C=O) groups is 1. The summed E-state index contributed by atoms with van der Waals surface area (Å²) in [5, 5.41) is 0. The molecule has 0 saturated carbocycles. The molecule has 1 amide bonds. The van der Waals surface area contributed by atoms with Crippen molar-refractivity contribution in [1.29, 1.82) is 0 Å². The first-order valence-corrected chi connectivity index (χ1v) is 5.64. The maximum Gasteiger partial charge on any atom is 0.210 e. The van der Waals surface area contributed by atoms with Gasteiger partial charge in [-0.15, -0.1) is 0 Å². The molecule has 1 heterocycles. The third-order valence-electron chi connectivity index (χ3n) is 3.28. The van der Waals surface area contributed by atoms with E-state index in [4.69, 9.17) is 9.47 Å². The third-order valence-corrected chi connectivity index (χ3v) is 3.28. The van der Waals surface area contributed by atoms with Gasteiger partial charge in [0, 0.05) is 12.6 Å². The van der Waals surface area contributed by atoms with E-state index in [1.54, 1.807) is 19.1 Å². The minimum Gasteiger partial charge on any atom is -0.493 e. The molecule has 1 unspecified atom stereocenters. The van der Waals surface area contributed by atoms with E-state index in [9.17, 15) is 4.79 Å². The summed E-state index contributed by atoms with van der Waals surface area (Å²) >= 11 is 0. The van der Waals surface area contributed by atoms with E-state index in [0.717, 1.165) is 24.1 Å². The van der Waals surface area contributed by atoms with Gasteiger partial charge < -0.3 is 14.4 Å². The first-order valence-electron chi connectivity index (χ1n) is 5.64. The molecular formula is C13H17NO3. The molecule has 0 saturated heterocycles. The highest BCUT2D eigenvalue weighted by molar-refractivity contribution is 5.53. The summed E-state index contributed by atoms with van der Waals surface area (Å²) in [6.07, 6.45) is 1.76. The van der Waals surface area contributed by atoms with Gasteiger partial charge >= 0.3 is 0 Å². The number of ether oxygens (including phenoxy) is 2. The standard InChI is InChI=1S/C13H17NO3/c1-9-4-10-5-12(16-2)13(17-3)6-11(10)7-14(9)8-15/h5-6,8-9H,4,7H2,1-3H3. The number of benzene rings is 1. The molecule has 0 spiro atoms. The Balaban J connectivity index is 2.41. The van der Waals surface area contributed by atoms with Crippen LogP contribution in [0.3, 0.4) is 0 Å². The maximum atomic E-state index is 10.9. The average molecular weight is 235 g/mol. The highest BCUT2D eigenvalue weighted by Gasteiger charge is 2.23. The average Bonchev–Trinajstić information content (AvgIpc) is 2.36. The van der Waals surface area contributed by atoms with Crippen LogP contribution in [-0.4, -0.2) is 31.6 Å². The summed E-state index contributed by atoms with van der Waals surface area (Å²) in [7, 11) is 3.25. The van der Waals surface area contributed by atoms with Crippen LogP contribution in [-0.2, 0) is 17.8 Å². The lowest BCUT2D eigenvalue weighted by Crippen LogP contribution is -2.37. The predicted molar refractivity (Wildman–Crippen MR) is 64.3 cm³/mol. The second kappa shape index (κ2) is 4.65. The second-order valence-electron chi connectivity index (χ2n) is 4.31. The van der Waals surface area contributed by atoms with E-state index in [0.29, 0.717) is 12.3 Å². The lowest BCUT2D eigenvalue weighted by atomic mass is 9.94. The van der Waals surface area contributed by atoms with Crippen molar-refractivity contribution >= 4 is 6.41 Å². The Labute approximate surface area is 101 Å². The summed E-state index contributed by atoms with van der Waals surface area (Å²) in [5.74, 6) is 1.46. The van der Waals surface area contributed by atoms with Crippen LogP contribution >= 0.6 is 0 Å². The first-order chi connectivity index (χ1) is 8.19. The molecule has 0 fully saturated rings. The molecule has 0 radical (unpaired) electrons. The van der Waals surface area contributed by atoms with Crippen molar-refractivity contribution in [3.63, 3.8) is 0 Å². The monoisotopic (exact) mass is 235 g/mol. The molecule has 1 aliphatic heterocycles. The van der Waals surface area contributed by atoms with E-state index < -0.39 is 0 Å². The zero-order valence-electron chi connectivity index (χ0n) is 10.4. The van der Waals surface area contributed by atoms with Crippen molar-refractivity contribution in [2.45, 2.75) is 25.9 Å². The molecule has 0 N–H and O–H groups in total. The van der Waals surface area contributed by atoms with Gasteiger partial charge in [0.05, 0.1) is 14.2 Å². The Morgan fingerprint density at radius 3 is 2.35 bits per heavy atom. The van der Waals surface area contributed by atoms with E-state index in [1.165, 1.54) is 5.56 Å². The van der Waals surface area contributed by atoms with Gasteiger partial charge in [-0.2, -0.15) is 0 Å². The number of methoxy groups -OCH3 is 2. The van der Waals surface area contributed by atoms with Gasteiger partial charge in [0.2, 0.25) is 6.41 Å². The summed E-state index contributed by atoms with van der Waals surface area (Å²) in [4.78, 5) is 12.7. The zero-order chi connectivity index (χ0) is 12.4. The minimum atomic E-state index is 0.234. The Morgan fingerprint density at radius 2 is 1.82 bits per heavy atom. The van der Waals surface area contributed by atoms with Crippen LogP contribution in [0.2, 0.25) is 0 Å². The third kappa shape index (κ3) is 2.07. The topological polar surface area (TPSA) is 38.8 Å². The van der Waals surface area contributed by atoms with Gasteiger partial charge in [-0.05, 0) is 36.6 Å². The summed E-state index contributed by atoms with van der Waals surface area (Å²) in [6, 6.07) is 4.20. The Kier molecular flexibility index (Phi) is 3.22. The zero-order valence-corrected chi connectivity index (χ0v) is 10.4. The molecular weight excluding hydrogens is 218 g/mol. The van der Waals surface area contributed by atoms with Crippen LogP contribution < -0.4 is 9.47 Å². The summed E-state index contributed by atoms with van der Waals surface area (Å²) < 4.78 is 10.5. The lowest BCUT2D eigenvalue weighted by Gasteiger charge is -2.32. The second-order valence-corrected chi connectivity index (χ2v) is 4.31.